The molecule has 0 bridgehead atoms. The fourth-order valence-corrected chi connectivity index (χ4v) is 4.85. The molecule has 31 heavy (non-hydrogen) atoms. The van der Waals surface area contributed by atoms with E-state index in [0.29, 0.717) is 12.1 Å². The van der Waals surface area contributed by atoms with E-state index in [9.17, 15) is 4.79 Å². The maximum Gasteiger partial charge on any atom is 0.150 e. The molecule has 2 saturated heterocycles. The van der Waals surface area contributed by atoms with Crippen LogP contribution in [0, 0.1) is 0 Å². The van der Waals surface area contributed by atoms with Gasteiger partial charge in [0.1, 0.15) is 6.29 Å². The maximum atomic E-state index is 10.9. The number of piperazine rings is 1. The third-order valence-electron chi connectivity index (χ3n) is 6.60. The second kappa shape index (κ2) is 10.5. The van der Waals surface area contributed by atoms with E-state index >= 15 is 0 Å². The standard InChI is InChI=1S/C26H35N3O2/c1-21-15-28(18-24-7-9-26(20-30)10-8-24)16-22(2)29(21)19-25-5-3-23(4-6-25)17-27-11-13-31-14-12-27/h3-10,20-22H,11-19H2,1-2H3. The topological polar surface area (TPSA) is 36.0 Å². The molecule has 0 radical (unpaired) electrons. The van der Waals surface area contributed by atoms with Gasteiger partial charge in [0.25, 0.3) is 0 Å². The van der Waals surface area contributed by atoms with Crippen molar-refractivity contribution < 1.29 is 9.53 Å². The van der Waals surface area contributed by atoms with E-state index in [4.69, 9.17) is 4.74 Å². The van der Waals surface area contributed by atoms with Gasteiger partial charge in [0, 0.05) is 63.5 Å². The largest absolute Gasteiger partial charge is 0.379 e. The van der Waals surface area contributed by atoms with Crippen molar-refractivity contribution in [3.05, 3.63) is 70.8 Å². The van der Waals surface area contributed by atoms with Gasteiger partial charge >= 0.3 is 0 Å². The molecular weight excluding hydrogens is 386 g/mol. The van der Waals surface area contributed by atoms with Crippen LogP contribution in [-0.2, 0) is 24.4 Å². The van der Waals surface area contributed by atoms with E-state index in [-0.39, 0.29) is 0 Å². The summed E-state index contributed by atoms with van der Waals surface area (Å²) in [7, 11) is 0. The first-order chi connectivity index (χ1) is 15.1. The fourth-order valence-electron chi connectivity index (χ4n) is 4.85. The molecule has 0 amide bonds. The van der Waals surface area contributed by atoms with Crippen LogP contribution < -0.4 is 0 Å². The van der Waals surface area contributed by atoms with Crippen molar-refractivity contribution >= 4 is 6.29 Å². The van der Waals surface area contributed by atoms with E-state index < -0.39 is 0 Å². The third-order valence-corrected chi connectivity index (χ3v) is 6.60. The van der Waals surface area contributed by atoms with Crippen LogP contribution in [0.2, 0.25) is 0 Å². The van der Waals surface area contributed by atoms with Crippen molar-refractivity contribution in [1.29, 1.82) is 0 Å². The second-order valence-corrected chi connectivity index (χ2v) is 9.13. The Morgan fingerprint density at radius 1 is 0.774 bits per heavy atom. The molecule has 2 atom stereocenters. The summed E-state index contributed by atoms with van der Waals surface area (Å²) in [4.78, 5) is 18.5. The second-order valence-electron chi connectivity index (χ2n) is 9.13. The predicted molar refractivity (Wildman–Crippen MR) is 124 cm³/mol. The summed E-state index contributed by atoms with van der Waals surface area (Å²) >= 11 is 0. The molecule has 2 fully saturated rings. The number of hydrogen-bond donors (Lipinski definition) is 0. The highest BCUT2D eigenvalue weighted by atomic mass is 16.5. The van der Waals surface area contributed by atoms with Gasteiger partial charge in [-0.3, -0.25) is 19.5 Å². The monoisotopic (exact) mass is 421 g/mol. The molecule has 2 heterocycles. The van der Waals surface area contributed by atoms with Gasteiger partial charge in [-0.1, -0.05) is 48.5 Å². The number of aldehydes is 1. The molecule has 2 aromatic carbocycles. The van der Waals surface area contributed by atoms with Crippen molar-refractivity contribution in [2.24, 2.45) is 0 Å². The molecule has 5 nitrogen and oxygen atoms in total. The van der Waals surface area contributed by atoms with Crippen LogP contribution >= 0.6 is 0 Å². The van der Waals surface area contributed by atoms with E-state index in [1.54, 1.807) is 0 Å². The van der Waals surface area contributed by atoms with Crippen molar-refractivity contribution in [2.45, 2.75) is 45.6 Å². The minimum absolute atomic E-state index is 0.506. The summed E-state index contributed by atoms with van der Waals surface area (Å²) in [6, 6.07) is 18.2. The van der Waals surface area contributed by atoms with Gasteiger partial charge in [0.05, 0.1) is 13.2 Å². The van der Waals surface area contributed by atoms with Crippen LogP contribution in [-0.4, -0.2) is 72.5 Å². The summed E-state index contributed by atoms with van der Waals surface area (Å²) < 4.78 is 5.45. The smallest absolute Gasteiger partial charge is 0.150 e. The minimum atomic E-state index is 0.506. The molecule has 166 valence electrons. The fraction of sp³-hybridized carbons (Fsp3) is 0.500. The number of carbonyl (C=O) groups is 1. The minimum Gasteiger partial charge on any atom is -0.379 e. The van der Waals surface area contributed by atoms with Gasteiger partial charge < -0.3 is 4.74 Å². The highest BCUT2D eigenvalue weighted by Gasteiger charge is 2.29. The zero-order valence-electron chi connectivity index (χ0n) is 18.9. The van der Waals surface area contributed by atoms with Gasteiger partial charge in [0.15, 0.2) is 0 Å². The van der Waals surface area contributed by atoms with Gasteiger partial charge in [-0.2, -0.15) is 0 Å². The van der Waals surface area contributed by atoms with Crippen LogP contribution in [0.3, 0.4) is 0 Å². The van der Waals surface area contributed by atoms with Gasteiger partial charge in [-0.25, -0.2) is 0 Å². The van der Waals surface area contributed by atoms with Gasteiger partial charge in [-0.05, 0) is 30.5 Å². The number of nitrogens with zero attached hydrogens (tertiary/aromatic N) is 3. The van der Waals surface area contributed by atoms with Crippen LogP contribution in [0.5, 0.6) is 0 Å². The van der Waals surface area contributed by atoms with Crippen molar-refractivity contribution in [3.8, 4) is 0 Å². The SMILES string of the molecule is CC1CN(Cc2ccc(C=O)cc2)CC(C)N1Cc1ccc(CN2CCOCC2)cc1. The Hall–Kier alpha value is -2.05. The van der Waals surface area contributed by atoms with Crippen molar-refractivity contribution in [2.75, 3.05) is 39.4 Å². The van der Waals surface area contributed by atoms with Crippen LogP contribution in [0.25, 0.3) is 0 Å². The zero-order chi connectivity index (χ0) is 21.6. The number of carbonyl (C=O) groups excluding carboxylic acids is 1. The lowest BCUT2D eigenvalue weighted by molar-refractivity contribution is 0.0290. The highest BCUT2D eigenvalue weighted by molar-refractivity contribution is 5.74. The van der Waals surface area contributed by atoms with Crippen molar-refractivity contribution in [3.63, 3.8) is 0 Å². The molecule has 2 aliphatic heterocycles. The molecule has 5 heteroatoms. The lowest BCUT2D eigenvalue weighted by Crippen LogP contribution is -2.55. The normalized spacial score (nSPS) is 23.7. The average molecular weight is 422 g/mol. The number of rotatable bonds is 7. The molecule has 4 rings (SSSR count). The molecule has 0 N–H and O–H groups in total. The van der Waals surface area contributed by atoms with Gasteiger partial charge in [-0.15, -0.1) is 0 Å². The first kappa shape index (κ1) is 22.2. The average Bonchev–Trinajstić information content (AvgIpc) is 2.79. The molecule has 0 spiro atoms. The summed E-state index contributed by atoms with van der Waals surface area (Å²) in [5, 5.41) is 0. The predicted octanol–water partition coefficient (Wildman–Crippen LogP) is 3.43. The Morgan fingerprint density at radius 2 is 1.26 bits per heavy atom. The third kappa shape index (κ3) is 6.01. The lowest BCUT2D eigenvalue weighted by Gasteiger charge is -2.44. The van der Waals surface area contributed by atoms with Crippen LogP contribution in [0.4, 0.5) is 0 Å². The summed E-state index contributed by atoms with van der Waals surface area (Å²) in [5.41, 5.74) is 4.79. The maximum absolute atomic E-state index is 10.9. The van der Waals surface area contributed by atoms with Gasteiger partial charge in [0.2, 0.25) is 0 Å². The van der Waals surface area contributed by atoms with Crippen LogP contribution in [0.1, 0.15) is 40.9 Å². The molecular formula is C26H35N3O2. The van der Waals surface area contributed by atoms with E-state index in [0.717, 1.165) is 70.9 Å². The van der Waals surface area contributed by atoms with E-state index in [2.05, 4.69) is 64.9 Å². The Morgan fingerprint density at radius 3 is 1.81 bits per heavy atom. The van der Waals surface area contributed by atoms with Crippen molar-refractivity contribution in [1.82, 2.24) is 14.7 Å². The summed E-state index contributed by atoms with van der Waals surface area (Å²) in [5.74, 6) is 0. The quantitative estimate of drug-likeness (QED) is 0.640. The lowest BCUT2D eigenvalue weighted by atomic mass is 10.0. The Labute approximate surface area is 186 Å². The Kier molecular flexibility index (Phi) is 7.51. The zero-order valence-corrected chi connectivity index (χ0v) is 18.9. The molecule has 0 aliphatic carbocycles. The Balaban J connectivity index is 1.30. The number of morpholine rings is 1. The van der Waals surface area contributed by atoms with E-state index in [1.165, 1.54) is 16.7 Å². The number of hydrogen-bond acceptors (Lipinski definition) is 5. The number of ether oxygens (including phenoxy) is 1. The molecule has 2 aliphatic rings. The number of benzene rings is 2. The van der Waals surface area contributed by atoms with Crippen LogP contribution in [0.15, 0.2) is 48.5 Å². The molecule has 2 unspecified atom stereocenters. The first-order valence-electron chi connectivity index (χ1n) is 11.5. The molecule has 0 saturated carbocycles. The molecule has 0 aromatic heterocycles. The van der Waals surface area contributed by atoms with E-state index in [1.807, 2.05) is 12.1 Å². The summed E-state index contributed by atoms with van der Waals surface area (Å²) in [6.45, 7) is 13.5. The Bertz CT molecular complexity index is 819. The highest BCUT2D eigenvalue weighted by Crippen LogP contribution is 2.21. The molecule has 2 aromatic rings. The summed E-state index contributed by atoms with van der Waals surface area (Å²) in [6.07, 6.45) is 0.905. The first-order valence-corrected chi connectivity index (χ1v) is 11.5.